The Hall–Kier alpha value is -3.64. The molecule has 2 aliphatic heterocycles. The van der Waals surface area contributed by atoms with Crippen LogP contribution in [0.4, 0.5) is 10.8 Å². The van der Waals surface area contributed by atoms with Crippen LogP contribution in [0.3, 0.4) is 0 Å². The number of nitrogens with one attached hydrogen (secondary N) is 1. The van der Waals surface area contributed by atoms with E-state index in [1.165, 1.54) is 11.3 Å². The number of terminal acetylenes is 1. The molecule has 0 saturated carbocycles. The third-order valence-corrected chi connectivity index (χ3v) is 9.41. The van der Waals surface area contributed by atoms with Gasteiger partial charge in [-0.15, -0.1) is 24.2 Å². The molecule has 10 nitrogen and oxygen atoms in total. The van der Waals surface area contributed by atoms with E-state index < -0.39 is 5.92 Å². The molecule has 2 aromatic rings. The van der Waals surface area contributed by atoms with Gasteiger partial charge in [0.2, 0.25) is 5.88 Å². The molecule has 5 rings (SSSR count). The maximum absolute atomic E-state index is 14.2. The number of rotatable bonds is 9. The zero-order chi connectivity index (χ0) is 32.2. The number of hydrogen-bond donors (Lipinski definition) is 3. The Balaban J connectivity index is 0.00000127. The SMILES string of the molecule is C#C.CC.CCC/C(C(=O)[C@H]1CCCc2sc(N)c(C#N)c21)=C(/N)c1nc(OC[C@@H]2CCCN2C)cc(N2CCNCC2)n1. The van der Waals surface area contributed by atoms with E-state index in [9.17, 15) is 10.1 Å². The Morgan fingerprint density at radius 3 is 2.57 bits per heavy atom. The number of piperazine rings is 1. The molecule has 44 heavy (non-hydrogen) atoms. The summed E-state index contributed by atoms with van der Waals surface area (Å²) in [5.74, 6) is 1.06. The summed E-state index contributed by atoms with van der Waals surface area (Å²) in [6, 6.07) is 4.48. The number of ketones is 1. The van der Waals surface area contributed by atoms with Gasteiger partial charge in [-0.25, -0.2) is 4.98 Å². The third-order valence-electron chi connectivity index (χ3n) is 8.31. The number of nitrogen functional groups attached to an aromatic ring is 1. The van der Waals surface area contributed by atoms with E-state index in [1.54, 1.807) is 0 Å². The van der Waals surface area contributed by atoms with Crippen molar-refractivity contribution in [2.45, 2.75) is 77.7 Å². The first-order valence-corrected chi connectivity index (χ1v) is 16.6. The van der Waals surface area contributed by atoms with Gasteiger partial charge in [-0.05, 0) is 57.7 Å². The Kier molecular flexibility index (Phi) is 13.5. The van der Waals surface area contributed by atoms with Crippen molar-refractivity contribution in [3.05, 3.63) is 33.5 Å². The molecule has 2 aromatic heterocycles. The number of ether oxygens (including phenoxy) is 1. The number of fused-ring (bicyclic) bond motifs is 1. The summed E-state index contributed by atoms with van der Waals surface area (Å²) in [5, 5.41) is 13.7. The summed E-state index contributed by atoms with van der Waals surface area (Å²) in [5.41, 5.74) is 15.0. The molecule has 1 aliphatic carbocycles. The van der Waals surface area contributed by atoms with E-state index in [0.717, 1.165) is 81.1 Å². The average molecular weight is 621 g/mol. The van der Waals surface area contributed by atoms with Crippen LogP contribution in [0, 0.1) is 24.2 Å². The Morgan fingerprint density at radius 2 is 1.93 bits per heavy atom. The van der Waals surface area contributed by atoms with Gasteiger partial charge in [0.25, 0.3) is 0 Å². The van der Waals surface area contributed by atoms with Crippen molar-refractivity contribution in [2.24, 2.45) is 5.73 Å². The van der Waals surface area contributed by atoms with Crippen molar-refractivity contribution in [1.82, 2.24) is 20.2 Å². The molecule has 4 heterocycles. The van der Waals surface area contributed by atoms with E-state index in [1.807, 2.05) is 26.8 Å². The van der Waals surface area contributed by atoms with Crippen molar-refractivity contribution in [1.29, 1.82) is 5.26 Å². The number of aryl methyl sites for hydroxylation is 1. The second-order valence-electron chi connectivity index (χ2n) is 11.0. The quantitative estimate of drug-likeness (QED) is 0.274. The van der Waals surface area contributed by atoms with Crippen LogP contribution in [0.1, 0.15) is 87.0 Å². The molecule has 0 spiro atoms. The lowest BCUT2D eigenvalue weighted by Crippen LogP contribution is -2.44. The van der Waals surface area contributed by atoms with E-state index in [-0.39, 0.29) is 5.78 Å². The molecule has 0 amide bonds. The summed E-state index contributed by atoms with van der Waals surface area (Å²) in [6.45, 7) is 11.0. The largest absolute Gasteiger partial charge is 0.476 e. The fraction of sp³-hybridized carbons (Fsp3) is 0.576. The molecule has 3 aliphatic rings. The van der Waals surface area contributed by atoms with Crippen LogP contribution >= 0.6 is 11.3 Å². The number of allylic oxidation sites excluding steroid dienone is 1. The monoisotopic (exact) mass is 620 g/mol. The summed E-state index contributed by atoms with van der Waals surface area (Å²) >= 11 is 1.43. The Bertz CT molecular complexity index is 1360. The number of hydrogen-bond acceptors (Lipinski definition) is 11. The van der Waals surface area contributed by atoms with Crippen LogP contribution in [0.5, 0.6) is 5.88 Å². The molecule has 0 radical (unpaired) electrons. The number of likely N-dealkylation sites (tertiary alicyclic amines) is 1. The number of thiophene rings is 1. The maximum Gasteiger partial charge on any atom is 0.219 e. The van der Waals surface area contributed by atoms with Crippen LogP contribution in [0.2, 0.25) is 0 Å². The zero-order valence-electron chi connectivity index (χ0n) is 26.7. The van der Waals surface area contributed by atoms with Crippen molar-refractivity contribution >= 4 is 33.6 Å². The highest BCUT2D eigenvalue weighted by atomic mass is 32.1. The van der Waals surface area contributed by atoms with Gasteiger partial charge < -0.3 is 31.3 Å². The molecule has 0 bridgehead atoms. The van der Waals surface area contributed by atoms with Crippen LogP contribution in [0.15, 0.2) is 11.6 Å². The van der Waals surface area contributed by atoms with Gasteiger partial charge in [-0.3, -0.25) is 4.79 Å². The Morgan fingerprint density at radius 1 is 1.20 bits per heavy atom. The number of carbonyl (C=O) groups is 1. The number of likely N-dealkylation sites (N-methyl/N-ethyl adjacent to an activating group) is 1. The number of Topliss-reactive ketones (excluding diaryl/α,β-unsaturated/α-hetero) is 1. The van der Waals surface area contributed by atoms with Crippen molar-refractivity contribution in [3.63, 3.8) is 0 Å². The lowest BCUT2D eigenvalue weighted by Gasteiger charge is -2.29. The normalized spacial score (nSPS) is 20.2. The molecule has 238 valence electrons. The van der Waals surface area contributed by atoms with Crippen molar-refractivity contribution < 1.29 is 9.53 Å². The summed E-state index contributed by atoms with van der Waals surface area (Å²) in [6.07, 6.45) is 13.9. The minimum absolute atomic E-state index is 0.0548. The Labute approximate surface area is 266 Å². The van der Waals surface area contributed by atoms with Crippen LogP contribution in [0.25, 0.3) is 5.70 Å². The van der Waals surface area contributed by atoms with Gasteiger partial charge in [0.05, 0.1) is 11.3 Å². The second kappa shape index (κ2) is 17.0. The molecule has 2 atom stereocenters. The first-order valence-electron chi connectivity index (χ1n) is 15.8. The fourth-order valence-corrected chi connectivity index (χ4v) is 7.20. The predicted molar refractivity (Wildman–Crippen MR) is 180 cm³/mol. The summed E-state index contributed by atoms with van der Waals surface area (Å²) < 4.78 is 6.23. The number of nitrogens with two attached hydrogens (primary N) is 2. The highest BCUT2D eigenvalue weighted by molar-refractivity contribution is 7.16. The second-order valence-corrected chi connectivity index (χ2v) is 12.1. The molecule has 2 saturated heterocycles. The topological polar surface area (TPSA) is 146 Å². The first kappa shape index (κ1) is 34.8. The van der Waals surface area contributed by atoms with E-state index in [0.29, 0.717) is 59.0 Å². The highest BCUT2D eigenvalue weighted by Gasteiger charge is 2.35. The number of carbonyl (C=O) groups excluding carboxylic acids is 1. The van der Waals surface area contributed by atoms with Gasteiger partial charge in [0.1, 0.15) is 23.5 Å². The number of nitrogens with zero attached hydrogens (tertiary/aromatic N) is 5. The first-order chi connectivity index (χ1) is 21.4. The van der Waals surface area contributed by atoms with E-state index in [4.69, 9.17) is 26.2 Å². The van der Waals surface area contributed by atoms with Crippen LogP contribution < -0.4 is 26.4 Å². The van der Waals surface area contributed by atoms with Gasteiger partial charge in [0, 0.05) is 54.7 Å². The zero-order valence-corrected chi connectivity index (χ0v) is 27.5. The molecular weight excluding hydrogens is 572 g/mol. The average Bonchev–Trinajstić information content (AvgIpc) is 3.64. The standard InChI is InChI=1S/C29H40N8O2S.C2H6.C2H2/c1-3-6-20(27(38)19-8-4-9-22-25(19)21(16-30)28(32)40-22)26(31)29-34-23(37-13-10-33-11-14-37)15-24(35-29)39-17-18-7-5-12-36(18)2;2*1-2/h15,18-19,33H,3-14,17,31-32H2,1-2H3;1-2H3;1-2H/b26-20-;;/t18-,19-;;/m0../s1. The molecular formula is C33H48N8O2S. The van der Waals surface area contributed by atoms with E-state index >= 15 is 0 Å². The van der Waals surface area contributed by atoms with Crippen molar-refractivity contribution in [2.75, 3.05) is 57.0 Å². The third kappa shape index (κ3) is 7.89. The van der Waals surface area contributed by atoms with Gasteiger partial charge in [-0.2, -0.15) is 10.2 Å². The predicted octanol–water partition coefficient (Wildman–Crippen LogP) is 4.31. The molecule has 5 N–H and O–H groups in total. The lowest BCUT2D eigenvalue weighted by atomic mass is 9.79. The van der Waals surface area contributed by atoms with E-state index in [2.05, 4.69) is 41.1 Å². The molecule has 11 heteroatoms. The minimum Gasteiger partial charge on any atom is -0.476 e. The summed E-state index contributed by atoms with van der Waals surface area (Å²) in [4.78, 5) is 29.3. The maximum atomic E-state index is 14.2. The van der Waals surface area contributed by atoms with Gasteiger partial charge in [-0.1, -0.05) is 27.2 Å². The van der Waals surface area contributed by atoms with Crippen molar-refractivity contribution in [3.8, 4) is 24.8 Å². The van der Waals surface area contributed by atoms with Gasteiger partial charge >= 0.3 is 0 Å². The number of anilines is 2. The molecule has 2 fully saturated rings. The number of aromatic nitrogens is 2. The lowest BCUT2D eigenvalue weighted by molar-refractivity contribution is -0.117. The van der Waals surface area contributed by atoms with Crippen LogP contribution in [-0.4, -0.2) is 73.1 Å². The molecule has 0 aromatic carbocycles. The fourth-order valence-electron chi connectivity index (χ4n) is 6.07. The smallest absolute Gasteiger partial charge is 0.219 e. The number of nitriles is 1. The van der Waals surface area contributed by atoms with Gasteiger partial charge in [0.15, 0.2) is 11.6 Å². The van der Waals surface area contributed by atoms with Crippen LogP contribution in [-0.2, 0) is 11.2 Å². The summed E-state index contributed by atoms with van der Waals surface area (Å²) in [7, 11) is 2.12. The molecule has 0 unspecified atom stereocenters. The minimum atomic E-state index is -0.433. The highest BCUT2D eigenvalue weighted by Crippen LogP contribution is 2.44.